The minimum Gasteiger partial charge on any atom is -0.477 e. The van der Waals surface area contributed by atoms with Crippen molar-refractivity contribution < 1.29 is 42.9 Å². The van der Waals surface area contributed by atoms with Crippen molar-refractivity contribution in [3.8, 4) is 0 Å². The van der Waals surface area contributed by atoms with Crippen LogP contribution in [0.25, 0.3) is 0 Å². The molecule has 468 valence electrons. The molecular weight excluding hydrogens is 1030 g/mol. The number of carboxylic acid groups (broad SMARTS) is 1. The first-order valence-corrected chi connectivity index (χ1v) is 32.6. The highest BCUT2D eigenvalue weighted by Crippen LogP contribution is 2.15. The van der Waals surface area contributed by atoms with E-state index in [0.29, 0.717) is 17.4 Å². The Morgan fingerprint density at radius 3 is 0.964 bits per heavy atom. The largest absolute Gasteiger partial charge is 0.477 e. The van der Waals surface area contributed by atoms with Gasteiger partial charge in [0.15, 0.2) is 6.10 Å². The van der Waals surface area contributed by atoms with E-state index in [1.165, 1.54) is 64.2 Å². The first-order valence-electron chi connectivity index (χ1n) is 32.6. The van der Waals surface area contributed by atoms with E-state index in [9.17, 15) is 19.5 Å². The second kappa shape index (κ2) is 62.9. The van der Waals surface area contributed by atoms with E-state index < -0.39 is 24.3 Å². The lowest BCUT2D eigenvalue weighted by Crippen LogP contribution is -2.40. The van der Waals surface area contributed by atoms with Crippen LogP contribution in [-0.4, -0.2) is 87.4 Å². The highest BCUT2D eigenvalue weighted by molar-refractivity contribution is 5.71. The van der Waals surface area contributed by atoms with E-state index in [2.05, 4.69) is 172 Å². The molecule has 9 nitrogen and oxygen atoms in total. The number of hydrogen-bond acceptors (Lipinski definition) is 7. The smallest absolute Gasteiger partial charge is 0.361 e. The summed E-state index contributed by atoms with van der Waals surface area (Å²) in [5.41, 5.74) is 0. The second-order valence-corrected chi connectivity index (χ2v) is 22.3. The van der Waals surface area contributed by atoms with Crippen LogP contribution in [0.3, 0.4) is 0 Å². The number of carbonyl (C=O) groups is 3. The Morgan fingerprint density at radius 1 is 0.361 bits per heavy atom. The summed E-state index contributed by atoms with van der Waals surface area (Å²) < 4.78 is 22.9. The maximum Gasteiger partial charge on any atom is 0.361 e. The molecule has 0 spiro atoms. The normalized spacial score (nSPS) is 13.8. The number of carboxylic acids is 1. The molecule has 0 aromatic heterocycles. The number of esters is 2. The van der Waals surface area contributed by atoms with Crippen LogP contribution in [-0.2, 0) is 33.3 Å². The number of nitrogens with zero attached hydrogens (tertiary/aromatic N) is 1. The van der Waals surface area contributed by atoms with Gasteiger partial charge in [0.25, 0.3) is 6.29 Å². The highest BCUT2D eigenvalue weighted by Gasteiger charge is 2.25. The molecule has 0 aliphatic rings. The minimum atomic E-state index is -1.53. The van der Waals surface area contributed by atoms with Gasteiger partial charge in [0.2, 0.25) is 0 Å². The van der Waals surface area contributed by atoms with Crippen molar-refractivity contribution in [2.75, 3.05) is 47.5 Å². The molecule has 0 saturated carbocycles. The van der Waals surface area contributed by atoms with Crippen LogP contribution in [0.2, 0.25) is 0 Å². The number of quaternary nitrogens is 1. The number of ether oxygens (including phenoxy) is 4. The number of rotatable bonds is 58. The summed E-state index contributed by atoms with van der Waals surface area (Å²) in [6.45, 7) is 4.61. The van der Waals surface area contributed by atoms with E-state index in [1.807, 2.05) is 21.1 Å². The Morgan fingerprint density at radius 2 is 0.651 bits per heavy atom. The monoisotopic (exact) mass is 1150 g/mol. The van der Waals surface area contributed by atoms with Crippen LogP contribution < -0.4 is 0 Å². The summed E-state index contributed by atoms with van der Waals surface area (Å²) in [5, 5.41) is 9.73. The summed E-state index contributed by atoms with van der Waals surface area (Å²) in [7, 11) is 5.95. The fourth-order valence-corrected chi connectivity index (χ4v) is 8.35. The number of likely N-dealkylation sites (N-methyl/N-ethyl adjacent to an activating group) is 1. The molecule has 0 rings (SSSR count). The molecule has 0 fully saturated rings. The number of allylic oxidation sites excluding steroid dienone is 26. The van der Waals surface area contributed by atoms with E-state index in [1.54, 1.807) is 0 Å². The van der Waals surface area contributed by atoms with Crippen LogP contribution in [0.4, 0.5) is 0 Å². The SMILES string of the molecule is CC/C=C\C/C=C\C/C=C\C/C=C\C/C=C\C/C=C\C/C=C\C/C=C\C/C=C\CCCCCCCC(=O)OC(COC(=O)CCCCCCCCCCCCCC/C=C\C/C=C\C/C=C\C/C=C\CC)COC(OCC[N+](C)(C)C)C(=O)O. The van der Waals surface area contributed by atoms with Crippen molar-refractivity contribution >= 4 is 17.9 Å². The van der Waals surface area contributed by atoms with Gasteiger partial charge in [0.05, 0.1) is 34.4 Å². The van der Waals surface area contributed by atoms with Crippen LogP contribution in [0.1, 0.15) is 232 Å². The van der Waals surface area contributed by atoms with Crippen LogP contribution in [0.5, 0.6) is 0 Å². The van der Waals surface area contributed by atoms with Crippen molar-refractivity contribution in [2.24, 2.45) is 0 Å². The average molecular weight is 1150 g/mol. The number of carbonyl (C=O) groups excluding carboxylic acids is 2. The Balaban J connectivity index is 4.28. The maximum atomic E-state index is 12.9. The first kappa shape index (κ1) is 77.9. The summed E-state index contributed by atoms with van der Waals surface area (Å²) >= 11 is 0. The summed E-state index contributed by atoms with van der Waals surface area (Å²) in [6, 6.07) is 0. The standard InChI is InChI=1S/C74H119NO8/c1-6-8-10-12-14-16-18-20-22-24-26-28-30-32-33-34-35-36-37-38-39-41-43-45-47-49-51-53-55-57-59-61-63-65-72(77)83-70(69-82-74(73(78)79)80-67-66-75(3,4)5)68-81-71(76)64-62-60-58-56-54-52-50-48-46-44-42-40-31-29-27-25-23-21-19-17-15-13-11-9-7-2/h8-11,14-17,20-23,26-29,32-33,35-36,38-39,43,45,49,51,70,74H,6-7,12-13,18-19,24-25,30-31,34,37,40-42,44,46-48,50,52-69H2,1-5H3/p+1/b10-8-,11-9-,16-14-,17-15-,22-20-,23-21-,28-26-,29-27-,33-32-,36-35-,39-38-,45-43-,51-49-. The molecule has 0 heterocycles. The third kappa shape index (κ3) is 64.3. The molecule has 1 N–H and O–H groups in total. The third-order valence-corrected chi connectivity index (χ3v) is 13.3. The van der Waals surface area contributed by atoms with Gasteiger partial charge in [-0.25, -0.2) is 4.79 Å². The molecule has 9 heteroatoms. The average Bonchev–Trinajstić information content (AvgIpc) is 3.46. The summed E-state index contributed by atoms with van der Waals surface area (Å²) in [4.78, 5) is 37.6. The lowest BCUT2D eigenvalue weighted by molar-refractivity contribution is -0.870. The van der Waals surface area contributed by atoms with Gasteiger partial charge < -0.3 is 28.5 Å². The Kier molecular flexibility index (Phi) is 59.1. The van der Waals surface area contributed by atoms with Gasteiger partial charge in [-0.05, 0) is 122 Å². The third-order valence-electron chi connectivity index (χ3n) is 13.3. The fraction of sp³-hybridized carbons (Fsp3) is 0.608. The quantitative estimate of drug-likeness (QED) is 0.0211. The Labute approximate surface area is 508 Å². The van der Waals surface area contributed by atoms with E-state index in [-0.39, 0.29) is 38.6 Å². The molecule has 0 bridgehead atoms. The fourth-order valence-electron chi connectivity index (χ4n) is 8.35. The summed E-state index contributed by atoms with van der Waals surface area (Å²) in [6.07, 6.45) is 90.4. The zero-order chi connectivity index (χ0) is 60.5. The van der Waals surface area contributed by atoms with Gasteiger partial charge in [0.1, 0.15) is 13.2 Å². The van der Waals surface area contributed by atoms with Crippen molar-refractivity contribution in [3.05, 3.63) is 158 Å². The van der Waals surface area contributed by atoms with E-state index >= 15 is 0 Å². The molecule has 0 radical (unpaired) electrons. The van der Waals surface area contributed by atoms with Crippen molar-refractivity contribution in [3.63, 3.8) is 0 Å². The van der Waals surface area contributed by atoms with Gasteiger partial charge in [-0.1, -0.05) is 255 Å². The van der Waals surface area contributed by atoms with Crippen molar-refractivity contribution in [2.45, 2.75) is 245 Å². The second-order valence-electron chi connectivity index (χ2n) is 22.3. The lowest BCUT2D eigenvalue weighted by atomic mass is 10.0. The minimum absolute atomic E-state index is 0.174. The molecule has 0 aliphatic carbocycles. The maximum absolute atomic E-state index is 12.9. The molecular formula is C74H120NO8+. The molecule has 0 aromatic carbocycles. The van der Waals surface area contributed by atoms with Crippen molar-refractivity contribution in [1.82, 2.24) is 0 Å². The molecule has 0 saturated heterocycles. The zero-order valence-corrected chi connectivity index (χ0v) is 53.3. The molecule has 2 atom stereocenters. The van der Waals surface area contributed by atoms with Crippen LogP contribution in [0.15, 0.2) is 158 Å². The molecule has 0 aliphatic heterocycles. The van der Waals surface area contributed by atoms with Gasteiger partial charge >= 0.3 is 17.9 Å². The Hall–Kier alpha value is -5.09. The molecule has 0 amide bonds. The number of hydrogen-bond donors (Lipinski definition) is 1. The summed E-state index contributed by atoms with van der Waals surface area (Å²) in [5.74, 6) is -2.05. The van der Waals surface area contributed by atoms with E-state index in [0.717, 1.165) is 135 Å². The number of unbranched alkanes of at least 4 members (excludes halogenated alkanes) is 17. The highest BCUT2D eigenvalue weighted by atomic mass is 16.7. The van der Waals surface area contributed by atoms with E-state index in [4.69, 9.17) is 18.9 Å². The van der Waals surface area contributed by atoms with Gasteiger partial charge in [-0.15, -0.1) is 0 Å². The predicted octanol–water partition coefficient (Wildman–Crippen LogP) is 20.1. The zero-order valence-electron chi connectivity index (χ0n) is 53.3. The Bertz CT molecular complexity index is 1920. The topological polar surface area (TPSA) is 108 Å². The van der Waals surface area contributed by atoms with Crippen LogP contribution in [0, 0.1) is 0 Å². The lowest BCUT2D eigenvalue weighted by Gasteiger charge is -2.25. The number of aliphatic carboxylic acids is 1. The van der Waals surface area contributed by atoms with Gasteiger partial charge in [0, 0.05) is 12.8 Å². The van der Waals surface area contributed by atoms with Crippen LogP contribution >= 0.6 is 0 Å². The molecule has 0 aromatic rings. The first-order chi connectivity index (χ1) is 40.6. The molecule has 83 heavy (non-hydrogen) atoms. The van der Waals surface area contributed by atoms with Crippen molar-refractivity contribution in [1.29, 1.82) is 0 Å². The predicted molar refractivity (Wildman–Crippen MR) is 354 cm³/mol. The molecule has 2 unspecified atom stereocenters. The van der Waals surface area contributed by atoms with Gasteiger partial charge in [-0.3, -0.25) is 9.59 Å². The van der Waals surface area contributed by atoms with Gasteiger partial charge in [-0.2, -0.15) is 0 Å².